The van der Waals surface area contributed by atoms with Gasteiger partial charge in [-0.05, 0) is 29.7 Å². The zero-order chi connectivity index (χ0) is 16.1. The SMILES string of the molecule is NC(=O)CNC1CC1c1ccc(OCCc2ccccc2)cc1. The Balaban J connectivity index is 1.44. The lowest BCUT2D eigenvalue weighted by atomic mass is 10.1. The number of carbonyl (C=O) groups is 1. The molecule has 3 N–H and O–H groups in total. The van der Waals surface area contributed by atoms with Crippen molar-refractivity contribution < 1.29 is 9.53 Å². The van der Waals surface area contributed by atoms with Crippen LogP contribution in [0, 0.1) is 0 Å². The van der Waals surface area contributed by atoms with E-state index >= 15 is 0 Å². The Bertz CT molecular complexity index is 640. The summed E-state index contributed by atoms with van der Waals surface area (Å²) in [4.78, 5) is 10.8. The van der Waals surface area contributed by atoms with Crippen LogP contribution in [0.2, 0.25) is 0 Å². The number of carbonyl (C=O) groups excluding carboxylic acids is 1. The highest BCUT2D eigenvalue weighted by molar-refractivity contribution is 5.76. The third-order valence-corrected chi connectivity index (χ3v) is 4.14. The predicted octanol–water partition coefficient (Wildman–Crippen LogP) is 2.24. The number of nitrogens with two attached hydrogens (primary N) is 1. The van der Waals surface area contributed by atoms with Crippen LogP contribution in [0.4, 0.5) is 0 Å². The minimum absolute atomic E-state index is 0.252. The summed E-state index contributed by atoms with van der Waals surface area (Å²) in [6.07, 6.45) is 1.96. The van der Waals surface area contributed by atoms with E-state index in [4.69, 9.17) is 10.5 Å². The lowest BCUT2D eigenvalue weighted by Crippen LogP contribution is -2.30. The summed E-state index contributed by atoms with van der Waals surface area (Å²) in [7, 11) is 0. The van der Waals surface area contributed by atoms with Crippen molar-refractivity contribution >= 4 is 5.91 Å². The zero-order valence-electron chi connectivity index (χ0n) is 13.1. The van der Waals surface area contributed by atoms with E-state index in [0.29, 0.717) is 18.6 Å². The molecule has 0 radical (unpaired) electrons. The van der Waals surface area contributed by atoms with Crippen LogP contribution in [0.1, 0.15) is 23.5 Å². The van der Waals surface area contributed by atoms with E-state index in [9.17, 15) is 4.79 Å². The molecule has 1 saturated carbocycles. The Morgan fingerprint density at radius 1 is 1.13 bits per heavy atom. The highest BCUT2D eigenvalue weighted by Crippen LogP contribution is 2.41. The van der Waals surface area contributed by atoms with Crippen LogP contribution >= 0.6 is 0 Å². The topological polar surface area (TPSA) is 64.4 Å². The number of benzene rings is 2. The Kier molecular flexibility index (Phi) is 4.93. The van der Waals surface area contributed by atoms with E-state index in [2.05, 4.69) is 29.6 Å². The Morgan fingerprint density at radius 3 is 2.57 bits per heavy atom. The van der Waals surface area contributed by atoms with Crippen molar-refractivity contribution in [1.82, 2.24) is 5.32 Å². The van der Waals surface area contributed by atoms with Crippen molar-refractivity contribution in [1.29, 1.82) is 0 Å². The molecule has 0 spiro atoms. The molecule has 4 nitrogen and oxygen atoms in total. The summed E-state index contributed by atoms with van der Waals surface area (Å²) in [5.74, 6) is 1.07. The van der Waals surface area contributed by atoms with Gasteiger partial charge in [0.2, 0.25) is 5.91 Å². The van der Waals surface area contributed by atoms with Gasteiger partial charge in [0.05, 0.1) is 13.2 Å². The van der Waals surface area contributed by atoms with E-state index in [1.54, 1.807) is 0 Å². The van der Waals surface area contributed by atoms with E-state index in [1.165, 1.54) is 11.1 Å². The molecule has 2 aromatic rings. The van der Waals surface area contributed by atoms with Crippen LogP contribution in [0.3, 0.4) is 0 Å². The Hall–Kier alpha value is -2.33. The summed E-state index contributed by atoms with van der Waals surface area (Å²) in [6, 6.07) is 18.9. The molecule has 2 atom stereocenters. The lowest BCUT2D eigenvalue weighted by molar-refractivity contribution is -0.117. The van der Waals surface area contributed by atoms with Crippen molar-refractivity contribution in [2.45, 2.75) is 24.8 Å². The lowest BCUT2D eigenvalue weighted by Gasteiger charge is -2.07. The zero-order valence-corrected chi connectivity index (χ0v) is 13.1. The highest BCUT2D eigenvalue weighted by atomic mass is 16.5. The van der Waals surface area contributed by atoms with Crippen LogP contribution in [-0.2, 0) is 11.2 Å². The monoisotopic (exact) mass is 310 g/mol. The van der Waals surface area contributed by atoms with Crippen LogP contribution < -0.4 is 15.8 Å². The van der Waals surface area contributed by atoms with Crippen LogP contribution in [0.15, 0.2) is 54.6 Å². The van der Waals surface area contributed by atoms with E-state index in [-0.39, 0.29) is 12.5 Å². The maximum Gasteiger partial charge on any atom is 0.231 e. The van der Waals surface area contributed by atoms with Gasteiger partial charge < -0.3 is 15.8 Å². The molecule has 0 saturated heterocycles. The number of primary amides is 1. The van der Waals surface area contributed by atoms with Gasteiger partial charge in [0.25, 0.3) is 0 Å². The Labute approximate surface area is 136 Å². The molecule has 4 heteroatoms. The molecule has 0 heterocycles. The van der Waals surface area contributed by atoms with Gasteiger partial charge in [-0.25, -0.2) is 0 Å². The molecule has 1 aliphatic rings. The van der Waals surface area contributed by atoms with Gasteiger partial charge in [-0.1, -0.05) is 42.5 Å². The Morgan fingerprint density at radius 2 is 1.87 bits per heavy atom. The van der Waals surface area contributed by atoms with Crippen molar-refractivity contribution in [3.8, 4) is 5.75 Å². The maximum absolute atomic E-state index is 10.8. The minimum atomic E-state index is -0.308. The second-order valence-corrected chi connectivity index (χ2v) is 5.95. The third kappa shape index (κ3) is 4.57. The summed E-state index contributed by atoms with van der Waals surface area (Å²) >= 11 is 0. The third-order valence-electron chi connectivity index (χ3n) is 4.14. The summed E-state index contributed by atoms with van der Waals surface area (Å²) in [5, 5.41) is 3.17. The molecule has 0 aliphatic heterocycles. The van der Waals surface area contributed by atoms with E-state index in [1.807, 2.05) is 30.3 Å². The van der Waals surface area contributed by atoms with Gasteiger partial charge in [-0.2, -0.15) is 0 Å². The van der Waals surface area contributed by atoms with E-state index in [0.717, 1.165) is 18.6 Å². The smallest absolute Gasteiger partial charge is 0.231 e. The number of ether oxygens (including phenoxy) is 1. The second kappa shape index (κ2) is 7.29. The van der Waals surface area contributed by atoms with Crippen LogP contribution in [-0.4, -0.2) is 25.1 Å². The molecule has 0 bridgehead atoms. The standard InChI is InChI=1S/C19H22N2O2/c20-19(22)13-21-18-12-17(18)15-6-8-16(9-7-15)23-11-10-14-4-2-1-3-5-14/h1-9,17-18,21H,10-13H2,(H2,20,22). The fourth-order valence-electron chi connectivity index (χ4n) is 2.76. The highest BCUT2D eigenvalue weighted by Gasteiger charge is 2.37. The average Bonchev–Trinajstić information content (AvgIpc) is 3.34. The van der Waals surface area contributed by atoms with Gasteiger partial charge >= 0.3 is 0 Å². The minimum Gasteiger partial charge on any atom is -0.493 e. The number of nitrogens with one attached hydrogen (secondary N) is 1. The molecular weight excluding hydrogens is 288 g/mol. The quantitative estimate of drug-likeness (QED) is 0.786. The molecule has 2 unspecified atom stereocenters. The van der Waals surface area contributed by atoms with Gasteiger partial charge in [-0.3, -0.25) is 4.79 Å². The van der Waals surface area contributed by atoms with Crippen molar-refractivity contribution in [3.05, 3.63) is 65.7 Å². The normalized spacial score (nSPS) is 19.3. The largest absolute Gasteiger partial charge is 0.493 e. The maximum atomic E-state index is 10.8. The molecule has 120 valence electrons. The molecule has 0 aromatic heterocycles. The van der Waals surface area contributed by atoms with Gasteiger partial charge in [-0.15, -0.1) is 0 Å². The van der Waals surface area contributed by atoms with Gasteiger partial charge in [0, 0.05) is 18.4 Å². The summed E-state index contributed by atoms with van der Waals surface area (Å²) < 4.78 is 5.79. The first-order valence-corrected chi connectivity index (χ1v) is 8.01. The first-order chi connectivity index (χ1) is 11.2. The molecule has 1 amide bonds. The first-order valence-electron chi connectivity index (χ1n) is 8.01. The number of hydrogen-bond acceptors (Lipinski definition) is 3. The van der Waals surface area contributed by atoms with Gasteiger partial charge in [0.15, 0.2) is 0 Å². The fraction of sp³-hybridized carbons (Fsp3) is 0.316. The van der Waals surface area contributed by atoms with Crippen LogP contribution in [0.25, 0.3) is 0 Å². The van der Waals surface area contributed by atoms with Crippen molar-refractivity contribution in [3.63, 3.8) is 0 Å². The second-order valence-electron chi connectivity index (χ2n) is 5.95. The fourth-order valence-corrected chi connectivity index (χ4v) is 2.76. The number of amides is 1. The van der Waals surface area contributed by atoms with Crippen molar-refractivity contribution in [2.75, 3.05) is 13.2 Å². The number of hydrogen-bond donors (Lipinski definition) is 2. The van der Waals surface area contributed by atoms with Gasteiger partial charge in [0.1, 0.15) is 5.75 Å². The average molecular weight is 310 g/mol. The molecule has 2 aromatic carbocycles. The first kappa shape index (κ1) is 15.6. The molecular formula is C19H22N2O2. The van der Waals surface area contributed by atoms with Crippen LogP contribution in [0.5, 0.6) is 5.75 Å². The molecule has 23 heavy (non-hydrogen) atoms. The molecule has 1 fully saturated rings. The summed E-state index contributed by atoms with van der Waals surface area (Å²) in [6.45, 7) is 0.928. The van der Waals surface area contributed by atoms with E-state index < -0.39 is 0 Å². The predicted molar refractivity (Wildman–Crippen MR) is 90.4 cm³/mol. The molecule has 1 aliphatic carbocycles. The molecule has 3 rings (SSSR count). The number of rotatable bonds is 8. The van der Waals surface area contributed by atoms with Crippen molar-refractivity contribution in [2.24, 2.45) is 5.73 Å². The summed E-state index contributed by atoms with van der Waals surface area (Å²) in [5.41, 5.74) is 7.71.